The Morgan fingerprint density at radius 2 is 1.95 bits per heavy atom. The van der Waals surface area contributed by atoms with Crippen LogP contribution in [-0.2, 0) is 0 Å². The lowest BCUT2D eigenvalue weighted by Crippen LogP contribution is -2.56. The van der Waals surface area contributed by atoms with Crippen LogP contribution in [-0.4, -0.2) is 40.5 Å². The molecule has 1 aliphatic carbocycles. The van der Waals surface area contributed by atoms with Crippen LogP contribution in [0.1, 0.15) is 49.6 Å². The summed E-state index contributed by atoms with van der Waals surface area (Å²) in [5.41, 5.74) is 0.867. The van der Waals surface area contributed by atoms with Gasteiger partial charge in [0.2, 0.25) is 0 Å². The van der Waals surface area contributed by atoms with E-state index in [0.717, 1.165) is 18.8 Å². The summed E-state index contributed by atoms with van der Waals surface area (Å²) in [7, 11) is 0. The van der Waals surface area contributed by atoms with Gasteiger partial charge in [0.1, 0.15) is 5.69 Å². The van der Waals surface area contributed by atoms with Crippen LogP contribution in [0.15, 0.2) is 18.3 Å². The molecule has 0 bridgehead atoms. The Balaban J connectivity index is 1.77. The molecule has 1 amide bonds. The second-order valence-electron chi connectivity index (χ2n) is 6.06. The van der Waals surface area contributed by atoms with Crippen LogP contribution in [0.25, 0.3) is 0 Å². The molecule has 4 nitrogen and oxygen atoms in total. The molecule has 104 valence electrons. The van der Waals surface area contributed by atoms with Crippen molar-refractivity contribution in [1.82, 2.24) is 14.8 Å². The zero-order chi connectivity index (χ0) is 13.4. The van der Waals surface area contributed by atoms with Gasteiger partial charge in [-0.1, -0.05) is 0 Å². The molecule has 1 saturated carbocycles. The Morgan fingerprint density at radius 1 is 1.26 bits per heavy atom. The number of piperazine rings is 1. The molecule has 3 rings (SSSR count). The largest absolute Gasteiger partial charge is 0.340 e. The van der Waals surface area contributed by atoms with Crippen molar-refractivity contribution in [3.63, 3.8) is 0 Å². The van der Waals surface area contributed by atoms with Gasteiger partial charge in [0, 0.05) is 37.4 Å². The van der Waals surface area contributed by atoms with Crippen LogP contribution < -0.4 is 5.32 Å². The number of carbonyl (C=O) groups excluding carboxylic acids is 1. The third kappa shape index (κ3) is 2.41. The van der Waals surface area contributed by atoms with Crippen molar-refractivity contribution < 1.29 is 4.79 Å². The van der Waals surface area contributed by atoms with Gasteiger partial charge in [-0.3, -0.25) is 4.79 Å². The molecule has 4 heteroatoms. The molecule has 1 aromatic heterocycles. The van der Waals surface area contributed by atoms with Crippen LogP contribution in [0.3, 0.4) is 0 Å². The maximum Gasteiger partial charge on any atom is 0.270 e. The molecule has 0 spiro atoms. The molecule has 1 saturated heterocycles. The molecule has 1 N–H and O–H groups in total. The molecule has 2 atom stereocenters. The van der Waals surface area contributed by atoms with Crippen LogP contribution >= 0.6 is 0 Å². The zero-order valence-corrected chi connectivity index (χ0v) is 11.8. The summed E-state index contributed by atoms with van der Waals surface area (Å²) in [6.45, 7) is 5.89. The van der Waals surface area contributed by atoms with E-state index in [1.54, 1.807) is 0 Å². The van der Waals surface area contributed by atoms with E-state index in [0.29, 0.717) is 18.1 Å². The molecule has 19 heavy (non-hydrogen) atoms. The number of amides is 1. The van der Waals surface area contributed by atoms with Crippen molar-refractivity contribution in [1.29, 1.82) is 0 Å². The van der Waals surface area contributed by atoms with Gasteiger partial charge in [-0.2, -0.15) is 0 Å². The number of carbonyl (C=O) groups is 1. The first kappa shape index (κ1) is 12.7. The Morgan fingerprint density at radius 3 is 2.53 bits per heavy atom. The van der Waals surface area contributed by atoms with Crippen LogP contribution in [0.2, 0.25) is 0 Å². The molecule has 1 aliphatic heterocycles. The van der Waals surface area contributed by atoms with Gasteiger partial charge in [-0.25, -0.2) is 0 Å². The smallest absolute Gasteiger partial charge is 0.270 e. The third-order valence-electron chi connectivity index (χ3n) is 4.31. The summed E-state index contributed by atoms with van der Waals surface area (Å²) in [5.74, 6) is 0.192. The highest BCUT2D eigenvalue weighted by atomic mass is 16.2. The minimum atomic E-state index is 0.192. The van der Waals surface area contributed by atoms with Gasteiger partial charge in [0.05, 0.1) is 0 Å². The number of hydrogen-bond donors (Lipinski definition) is 1. The fraction of sp³-hybridized carbons (Fsp3) is 0.667. The Bertz CT molecular complexity index is 454. The summed E-state index contributed by atoms with van der Waals surface area (Å²) in [6.07, 6.45) is 5.77. The summed E-state index contributed by atoms with van der Waals surface area (Å²) in [4.78, 5) is 14.7. The Kier molecular flexibility index (Phi) is 3.35. The summed E-state index contributed by atoms with van der Waals surface area (Å²) >= 11 is 0. The van der Waals surface area contributed by atoms with Crippen molar-refractivity contribution in [2.45, 2.75) is 51.2 Å². The first-order valence-electron chi connectivity index (χ1n) is 7.37. The maximum atomic E-state index is 12.7. The molecule has 2 unspecified atom stereocenters. The van der Waals surface area contributed by atoms with Gasteiger partial charge in [0.25, 0.3) is 5.91 Å². The summed E-state index contributed by atoms with van der Waals surface area (Å²) in [5, 5.41) is 3.47. The highest BCUT2D eigenvalue weighted by molar-refractivity contribution is 5.93. The van der Waals surface area contributed by atoms with Crippen LogP contribution in [0.4, 0.5) is 0 Å². The topological polar surface area (TPSA) is 37.3 Å². The lowest BCUT2D eigenvalue weighted by molar-refractivity contribution is 0.0657. The van der Waals surface area contributed by atoms with Gasteiger partial charge in [-0.15, -0.1) is 0 Å². The predicted molar refractivity (Wildman–Crippen MR) is 75.3 cm³/mol. The maximum absolute atomic E-state index is 12.7. The molecule has 0 aromatic carbocycles. The van der Waals surface area contributed by atoms with Gasteiger partial charge in [-0.05, 0) is 45.2 Å². The van der Waals surface area contributed by atoms with Crippen molar-refractivity contribution in [3.05, 3.63) is 24.0 Å². The first-order valence-corrected chi connectivity index (χ1v) is 7.37. The van der Waals surface area contributed by atoms with Crippen molar-refractivity contribution >= 4 is 5.91 Å². The molecule has 1 aromatic rings. The molecule has 0 radical (unpaired) electrons. The average molecular weight is 261 g/mol. The fourth-order valence-electron chi connectivity index (χ4n) is 3.21. The van der Waals surface area contributed by atoms with E-state index in [2.05, 4.69) is 29.9 Å². The van der Waals surface area contributed by atoms with Gasteiger partial charge in [0.15, 0.2) is 0 Å². The first-order chi connectivity index (χ1) is 9.15. The standard InChI is InChI=1S/C15H23N3O/c1-11-9-17(10-12(2)16-11)15(19)14-7-4-8-18(14)13-5-3-6-13/h4,7-8,11-13,16H,3,5-6,9-10H2,1-2H3. The second kappa shape index (κ2) is 5.00. The SMILES string of the molecule is CC1CN(C(=O)c2cccn2C2CCC2)CC(C)N1. The van der Waals surface area contributed by atoms with E-state index in [1.807, 2.05) is 17.0 Å². The number of aromatic nitrogens is 1. The van der Waals surface area contributed by atoms with Crippen LogP contribution in [0, 0.1) is 0 Å². The monoisotopic (exact) mass is 261 g/mol. The average Bonchev–Trinajstić information content (AvgIpc) is 2.73. The highest BCUT2D eigenvalue weighted by Gasteiger charge is 2.29. The molecule has 2 heterocycles. The van der Waals surface area contributed by atoms with E-state index in [9.17, 15) is 4.79 Å². The van der Waals surface area contributed by atoms with E-state index >= 15 is 0 Å². The molecule has 2 aliphatic rings. The highest BCUT2D eigenvalue weighted by Crippen LogP contribution is 2.33. The van der Waals surface area contributed by atoms with Crippen molar-refractivity contribution in [2.75, 3.05) is 13.1 Å². The van der Waals surface area contributed by atoms with Crippen LogP contribution in [0.5, 0.6) is 0 Å². The van der Waals surface area contributed by atoms with Crippen molar-refractivity contribution in [3.8, 4) is 0 Å². The zero-order valence-electron chi connectivity index (χ0n) is 11.8. The molecular formula is C15H23N3O. The van der Waals surface area contributed by atoms with E-state index in [-0.39, 0.29) is 5.91 Å². The van der Waals surface area contributed by atoms with E-state index in [1.165, 1.54) is 19.3 Å². The quantitative estimate of drug-likeness (QED) is 0.884. The van der Waals surface area contributed by atoms with E-state index < -0.39 is 0 Å². The number of nitrogens with one attached hydrogen (secondary N) is 1. The Hall–Kier alpha value is -1.29. The number of nitrogens with zero attached hydrogens (tertiary/aromatic N) is 2. The third-order valence-corrected chi connectivity index (χ3v) is 4.31. The Labute approximate surface area is 114 Å². The lowest BCUT2D eigenvalue weighted by atomic mass is 9.93. The summed E-state index contributed by atoms with van der Waals surface area (Å²) < 4.78 is 2.18. The van der Waals surface area contributed by atoms with Gasteiger partial charge < -0.3 is 14.8 Å². The lowest BCUT2D eigenvalue weighted by Gasteiger charge is -2.37. The fourth-order valence-corrected chi connectivity index (χ4v) is 3.21. The molecular weight excluding hydrogens is 238 g/mol. The van der Waals surface area contributed by atoms with E-state index in [4.69, 9.17) is 0 Å². The molecule has 2 fully saturated rings. The summed E-state index contributed by atoms with van der Waals surface area (Å²) in [6, 6.07) is 5.27. The normalized spacial score (nSPS) is 28.2. The number of hydrogen-bond acceptors (Lipinski definition) is 2. The number of rotatable bonds is 2. The second-order valence-corrected chi connectivity index (χ2v) is 6.06. The predicted octanol–water partition coefficient (Wildman–Crippen LogP) is 2.04. The van der Waals surface area contributed by atoms with Gasteiger partial charge >= 0.3 is 0 Å². The van der Waals surface area contributed by atoms with Crippen molar-refractivity contribution in [2.24, 2.45) is 0 Å². The minimum absolute atomic E-state index is 0.192. The minimum Gasteiger partial charge on any atom is -0.340 e.